The maximum absolute atomic E-state index is 12.3. The Morgan fingerprint density at radius 1 is 1.03 bits per heavy atom. The Labute approximate surface area is 185 Å². The Balaban J connectivity index is 1.63. The fourth-order valence-corrected chi connectivity index (χ4v) is 3.71. The monoisotopic (exact) mass is 429 g/mol. The van der Waals surface area contributed by atoms with Crippen LogP contribution in [-0.2, 0) is 20.7 Å². The molecule has 162 valence electrons. The minimum absolute atomic E-state index is 0.270. The molecule has 0 radical (unpaired) electrons. The maximum atomic E-state index is 12.3. The molecule has 9 heteroatoms. The van der Waals surface area contributed by atoms with Gasteiger partial charge in [-0.25, -0.2) is 4.79 Å². The molecule has 2 heterocycles. The van der Waals surface area contributed by atoms with Crippen LogP contribution in [0.4, 0.5) is 0 Å². The van der Waals surface area contributed by atoms with Crippen LogP contribution in [-0.4, -0.2) is 29.6 Å². The molecule has 0 atom stereocenters. The molecule has 9 nitrogen and oxygen atoms in total. The van der Waals surface area contributed by atoms with E-state index >= 15 is 0 Å². The first-order valence-electron chi connectivity index (χ1n) is 10.1. The zero-order valence-electron chi connectivity index (χ0n) is 18.6. The van der Waals surface area contributed by atoms with Gasteiger partial charge in [0.2, 0.25) is 0 Å². The molecule has 0 amide bonds. The lowest BCUT2D eigenvalue weighted by molar-refractivity contribution is 0.302. The summed E-state index contributed by atoms with van der Waals surface area (Å²) in [5.74, 6) is 0.725. The van der Waals surface area contributed by atoms with Gasteiger partial charge in [0, 0.05) is 30.8 Å². The SMILES string of the molecule is Cc1cc(-c2nn(C)c(C#N)c2C)ccc1OCc1c(C)cccc1-n1nnn(C)c1=O. The fraction of sp³-hybridized carbons (Fsp3) is 0.261. The predicted octanol–water partition coefficient (Wildman–Crippen LogP) is 2.74. The van der Waals surface area contributed by atoms with Crippen LogP contribution in [0.1, 0.15) is 27.9 Å². The van der Waals surface area contributed by atoms with Crippen molar-refractivity contribution in [1.29, 1.82) is 5.26 Å². The molecule has 0 unspecified atom stereocenters. The van der Waals surface area contributed by atoms with Crippen molar-refractivity contribution in [2.24, 2.45) is 14.1 Å². The van der Waals surface area contributed by atoms with Crippen molar-refractivity contribution in [3.05, 3.63) is 74.8 Å². The summed E-state index contributed by atoms with van der Waals surface area (Å²) in [5.41, 5.74) is 6.21. The van der Waals surface area contributed by atoms with Gasteiger partial charge in [0.15, 0.2) is 0 Å². The Morgan fingerprint density at radius 3 is 2.44 bits per heavy atom. The first kappa shape index (κ1) is 21.1. The van der Waals surface area contributed by atoms with E-state index in [2.05, 4.69) is 21.6 Å². The maximum Gasteiger partial charge on any atom is 0.368 e. The molecule has 32 heavy (non-hydrogen) atoms. The first-order chi connectivity index (χ1) is 15.3. The Morgan fingerprint density at radius 2 is 1.81 bits per heavy atom. The molecule has 0 aliphatic heterocycles. The number of nitrogens with zero attached hydrogens (tertiary/aromatic N) is 7. The number of rotatable bonds is 5. The highest BCUT2D eigenvalue weighted by atomic mass is 16.5. The van der Waals surface area contributed by atoms with Crippen molar-refractivity contribution in [1.82, 2.24) is 29.6 Å². The van der Waals surface area contributed by atoms with E-state index in [9.17, 15) is 10.1 Å². The summed E-state index contributed by atoms with van der Waals surface area (Å²) in [5, 5.41) is 21.6. The van der Waals surface area contributed by atoms with E-state index < -0.39 is 0 Å². The largest absolute Gasteiger partial charge is 0.489 e. The number of hydrogen-bond acceptors (Lipinski definition) is 6. The summed E-state index contributed by atoms with van der Waals surface area (Å²) in [4.78, 5) is 12.3. The van der Waals surface area contributed by atoms with Crippen LogP contribution in [0.2, 0.25) is 0 Å². The highest BCUT2D eigenvalue weighted by Gasteiger charge is 2.16. The summed E-state index contributed by atoms with van der Waals surface area (Å²) in [6, 6.07) is 13.7. The van der Waals surface area contributed by atoms with Crippen molar-refractivity contribution in [3.8, 4) is 28.8 Å². The number of aryl methyl sites for hydroxylation is 4. The number of tetrazole rings is 1. The standard InChI is InChI=1S/C23H23N7O2/c1-14-7-6-8-19(30-23(31)29(5)26-27-30)18(14)13-32-21-10-9-17(11-15(21)2)22-16(3)20(12-24)28(4)25-22/h6-11H,13H2,1-5H3. The van der Waals surface area contributed by atoms with Gasteiger partial charge >= 0.3 is 5.69 Å². The van der Waals surface area contributed by atoms with E-state index in [4.69, 9.17) is 4.74 Å². The molecule has 0 N–H and O–H groups in total. The molecule has 4 aromatic rings. The van der Waals surface area contributed by atoms with Crippen molar-refractivity contribution in [3.63, 3.8) is 0 Å². The van der Waals surface area contributed by atoms with Gasteiger partial charge in [-0.15, -0.1) is 0 Å². The predicted molar refractivity (Wildman–Crippen MR) is 119 cm³/mol. The molecule has 0 aliphatic carbocycles. The number of aromatic nitrogens is 6. The quantitative estimate of drug-likeness (QED) is 0.483. The normalized spacial score (nSPS) is 10.9. The minimum Gasteiger partial charge on any atom is -0.489 e. The van der Waals surface area contributed by atoms with Crippen LogP contribution in [0.15, 0.2) is 41.2 Å². The number of ether oxygens (including phenoxy) is 1. The van der Waals surface area contributed by atoms with E-state index in [1.807, 2.05) is 57.2 Å². The topological polar surface area (TPSA) is 104 Å². The lowest BCUT2D eigenvalue weighted by Crippen LogP contribution is -2.23. The molecule has 0 aliphatic rings. The van der Waals surface area contributed by atoms with Crippen LogP contribution in [0.5, 0.6) is 5.75 Å². The molecule has 2 aromatic heterocycles. The minimum atomic E-state index is -0.320. The van der Waals surface area contributed by atoms with Crippen molar-refractivity contribution >= 4 is 0 Å². The summed E-state index contributed by atoms with van der Waals surface area (Å²) < 4.78 is 10.2. The van der Waals surface area contributed by atoms with Gasteiger partial charge < -0.3 is 4.74 Å². The molecule has 0 bridgehead atoms. The molecule has 2 aromatic carbocycles. The second-order valence-corrected chi connectivity index (χ2v) is 7.70. The highest BCUT2D eigenvalue weighted by molar-refractivity contribution is 5.67. The average molecular weight is 429 g/mol. The second-order valence-electron chi connectivity index (χ2n) is 7.70. The number of nitriles is 1. The Hall–Kier alpha value is -4.19. The van der Waals surface area contributed by atoms with Crippen LogP contribution < -0.4 is 10.4 Å². The first-order valence-corrected chi connectivity index (χ1v) is 10.1. The fourth-order valence-electron chi connectivity index (χ4n) is 3.71. The van der Waals surface area contributed by atoms with E-state index in [0.29, 0.717) is 11.4 Å². The smallest absolute Gasteiger partial charge is 0.368 e. The Bertz CT molecular complexity index is 1420. The van der Waals surface area contributed by atoms with Crippen LogP contribution >= 0.6 is 0 Å². The van der Waals surface area contributed by atoms with Gasteiger partial charge in [-0.2, -0.15) is 19.7 Å². The van der Waals surface area contributed by atoms with Gasteiger partial charge in [-0.3, -0.25) is 4.68 Å². The third kappa shape index (κ3) is 3.56. The van der Waals surface area contributed by atoms with Crippen LogP contribution in [0.3, 0.4) is 0 Å². The summed E-state index contributed by atoms with van der Waals surface area (Å²) in [7, 11) is 3.33. The molecule has 0 fully saturated rings. The highest BCUT2D eigenvalue weighted by Crippen LogP contribution is 2.29. The van der Waals surface area contributed by atoms with Crippen molar-refractivity contribution in [2.45, 2.75) is 27.4 Å². The number of hydrogen-bond donors (Lipinski definition) is 0. The summed E-state index contributed by atoms with van der Waals surface area (Å²) in [6.07, 6.45) is 0. The molecular weight excluding hydrogens is 406 g/mol. The van der Waals surface area contributed by atoms with Crippen LogP contribution in [0, 0.1) is 32.1 Å². The summed E-state index contributed by atoms with van der Waals surface area (Å²) >= 11 is 0. The average Bonchev–Trinajstić information content (AvgIpc) is 3.25. The Kier molecular flexibility index (Phi) is 5.36. The van der Waals surface area contributed by atoms with Gasteiger partial charge in [0.05, 0.1) is 11.4 Å². The third-order valence-electron chi connectivity index (χ3n) is 5.55. The van der Waals surface area contributed by atoms with Gasteiger partial charge in [-0.1, -0.05) is 12.1 Å². The molecule has 4 rings (SSSR count). The van der Waals surface area contributed by atoms with Gasteiger partial charge in [0.25, 0.3) is 0 Å². The molecule has 0 saturated carbocycles. The van der Waals surface area contributed by atoms with Gasteiger partial charge in [-0.05, 0) is 66.6 Å². The second kappa shape index (κ2) is 8.15. The van der Waals surface area contributed by atoms with Gasteiger partial charge in [0.1, 0.15) is 24.1 Å². The van der Waals surface area contributed by atoms with E-state index in [0.717, 1.165) is 39.3 Å². The summed E-state index contributed by atoms with van der Waals surface area (Å²) in [6.45, 7) is 6.10. The van der Waals surface area contributed by atoms with Crippen LogP contribution in [0.25, 0.3) is 16.9 Å². The molecule has 0 saturated heterocycles. The van der Waals surface area contributed by atoms with E-state index in [1.165, 1.54) is 9.36 Å². The van der Waals surface area contributed by atoms with E-state index in [1.54, 1.807) is 18.8 Å². The zero-order chi connectivity index (χ0) is 23.0. The lowest BCUT2D eigenvalue weighted by atomic mass is 10.0. The van der Waals surface area contributed by atoms with Crippen molar-refractivity contribution in [2.75, 3.05) is 0 Å². The van der Waals surface area contributed by atoms with E-state index in [-0.39, 0.29) is 12.3 Å². The molecular formula is C23H23N7O2. The third-order valence-corrected chi connectivity index (χ3v) is 5.55. The lowest BCUT2D eigenvalue weighted by Gasteiger charge is -2.14. The number of benzene rings is 2. The zero-order valence-corrected chi connectivity index (χ0v) is 18.6. The van der Waals surface area contributed by atoms with Crippen molar-refractivity contribution < 1.29 is 4.74 Å². The molecule has 0 spiro atoms.